The van der Waals surface area contributed by atoms with Crippen LogP contribution in [0.5, 0.6) is 17.2 Å². The Morgan fingerprint density at radius 2 is 1.76 bits per heavy atom. The molecule has 2 rings (SSSR count). The number of rotatable bonds is 11. The molecule has 0 aliphatic carbocycles. The Balaban J connectivity index is 1.90. The molecule has 29 heavy (non-hydrogen) atoms. The van der Waals surface area contributed by atoms with Crippen molar-refractivity contribution in [3.05, 3.63) is 59.7 Å². The lowest BCUT2D eigenvalue weighted by atomic mass is 10.1. The summed E-state index contributed by atoms with van der Waals surface area (Å²) in [6, 6.07) is 12.0. The highest BCUT2D eigenvalue weighted by Crippen LogP contribution is 2.28. The Morgan fingerprint density at radius 1 is 1.03 bits per heavy atom. The maximum atomic E-state index is 12.4. The lowest BCUT2D eigenvalue weighted by molar-refractivity contribution is -0.116. The van der Waals surface area contributed by atoms with Crippen LogP contribution in [0.2, 0.25) is 0 Å². The van der Waals surface area contributed by atoms with Crippen molar-refractivity contribution >= 4 is 12.0 Å². The molecule has 1 amide bonds. The minimum absolute atomic E-state index is 0.0180. The number of alkyl halides is 2. The van der Waals surface area contributed by atoms with Crippen LogP contribution >= 0.6 is 0 Å². The minimum atomic E-state index is -2.92. The van der Waals surface area contributed by atoms with E-state index in [0.717, 1.165) is 5.56 Å². The van der Waals surface area contributed by atoms with E-state index < -0.39 is 6.61 Å². The second kappa shape index (κ2) is 11.7. The molecule has 0 aromatic heterocycles. The van der Waals surface area contributed by atoms with E-state index in [2.05, 4.69) is 10.1 Å². The molecule has 2 aromatic carbocycles. The van der Waals surface area contributed by atoms with E-state index in [4.69, 9.17) is 9.47 Å². The molecule has 0 bridgehead atoms. The molecule has 0 unspecified atom stereocenters. The van der Waals surface area contributed by atoms with Gasteiger partial charge in [-0.05, 0) is 50.1 Å². The lowest BCUT2D eigenvalue weighted by Gasteiger charge is -2.12. The molecule has 7 heteroatoms. The summed E-state index contributed by atoms with van der Waals surface area (Å²) in [4.78, 5) is 12.0. The number of amides is 1. The summed E-state index contributed by atoms with van der Waals surface area (Å²) >= 11 is 0. The van der Waals surface area contributed by atoms with Crippen molar-refractivity contribution in [1.82, 2.24) is 5.32 Å². The van der Waals surface area contributed by atoms with Crippen LogP contribution in [0.25, 0.3) is 6.08 Å². The van der Waals surface area contributed by atoms with Gasteiger partial charge in [0.25, 0.3) is 0 Å². The van der Waals surface area contributed by atoms with E-state index >= 15 is 0 Å². The van der Waals surface area contributed by atoms with Gasteiger partial charge in [-0.15, -0.1) is 0 Å². The first-order chi connectivity index (χ1) is 14.0. The Labute approximate surface area is 169 Å². The molecule has 0 heterocycles. The number of hydrogen-bond donors (Lipinski definition) is 1. The van der Waals surface area contributed by atoms with E-state index in [1.807, 2.05) is 32.0 Å². The van der Waals surface area contributed by atoms with Crippen LogP contribution in [-0.2, 0) is 11.2 Å². The molecule has 5 nitrogen and oxygen atoms in total. The third-order valence-corrected chi connectivity index (χ3v) is 3.87. The summed E-state index contributed by atoms with van der Waals surface area (Å²) in [7, 11) is 0. The zero-order chi connectivity index (χ0) is 21.1. The predicted molar refractivity (Wildman–Crippen MR) is 108 cm³/mol. The van der Waals surface area contributed by atoms with Crippen molar-refractivity contribution in [2.24, 2.45) is 0 Å². The van der Waals surface area contributed by atoms with Crippen molar-refractivity contribution in [1.29, 1.82) is 0 Å². The van der Waals surface area contributed by atoms with Crippen LogP contribution < -0.4 is 19.5 Å². The van der Waals surface area contributed by atoms with Crippen LogP contribution in [-0.4, -0.2) is 32.3 Å². The zero-order valence-corrected chi connectivity index (χ0v) is 16.5. The maximum Gasteiger partial charge on any atom is 0.387 e. The minimum Gasteiger partial charge on any atom is -0.490 e. The molecule has 156 valence electrons. The van der Waals surface area contributed by atoms with Gasteiger partial charge in [-0.25, -0.2) is 0 Å². The van der Waals surface area contributed by atoms with Crippen LogP contribution in [0, 0.1) is 0 Å². The summed E-state index contributed by atoms with van der Waals surface area (Å²) in [6.07, 6.45) is 3.34. The van der Waals surface area contributed by atoms with Gasteiger partial charge in [-0.3, -0.25) is 4.79 Å². The highest BCUT2D eigenvalue weighted by Gasteiger charge is 2.08. The van der Waals surface area contributed by atoms with Gasteiger partial charge >= 0.3 is 6.61 Å². The van der Waals surface area contributed by atoms with Gasteiger partial charge in [0.05, 0.1) is 13.2 Å². The molecule has 0 atom stereocenters. The molecule has 0 aliphatic rings. The van der Waals surface area contributed by atoms with Crippen molar-refractivity contribution in [3.63, 3.8) is 0 Å². The average molecular weight is 405 g/mol. The van der Waals surface area contributed by atoms with Crippen molar-refractivity contribution < 1.29 is 27.8 Å². The Bertz CT molecular complexity index is 824. The van der Waals surface area contributed by atoms with E-state index in [-0.39, 0.29) is 11.7 Å². The van der Waals surface area contributed by atoms with Gasteiger partial charge in [0.1, 0.15) is 5.75 Å². The van der Waals surface area contributed by atoms with Crippen molar-refractivity contribution in [2.75, 3.05) is 19.8 Å². The summed E-state index contributed by atoms with van der Waals surface area (Å²) < 4.78 is 40.4. The van der Waals surface area contributed by atoms with Gasteiger partial charge in [0.2, 0.25) is 5.91 Å². The van der Waals surface area contributed by atoms with E-state index in [1.165, 1.54) is 18.2 Å². The molecule has 0 saturated heterocycles. The average Bonchev–Trinajstić information content (AvgIpc) is 2.69. The normalized spacial score (nSPS) is 10.9. The summed E-state index contributed by atoms with van der Waals surface area (Å²) in [6.45, 7) is 2.38. The summed E-state index contributed by atoms with van der Waals surface area (Å²) in [5.41, 5.74) is 1.40. The van der Waals surface area contributed by atoms with Crippen LogP contribution in [0.3, 0.4) is 0 Å². The highest BCUT2D eigenvalue weighted by atomic mass is 19.3. The number of carbonyl (C=O) groups is 1. The molecular weight excluding hydrogens is 380 g/mol. The molecule has 0 saturated carbocycles. The van der Waals surface area contributed by atoms with Gasteiger partial charge < -0.3 is 19.5 Å². The SMILES string of the molecule is CCOc1ccc(CCNC(=O)/C=C/c2ccccc2OC(F)F)cc1OCC. The standard InChI is InChI=1S/C22H25F2NO4/c1-3-27-19-11-9-16(15-20(19)28-4-2)13-14-25-21(26)12-10-17-7-5-6-8-18(17)29-22(23)24/h5-12,15,22H,3-4,13-14H2,1-2H3,(H,25,26)/b12-10+. The number of para-hydroxylation sites is 1. The van der Waals surface area contributed by atoms with E-state index in [0.29, 0.717) is 43.2 Å². The van der Waals surface area contributed by atoms with Gasteiger partial charge in [0.15, 0.2) is 11.5 Å². The quantitative estimate of drug-likeness (QED) is 0.561. The Hall–Kier alpha value is -3.09. The first-order valence-electron chi connectivity index (χ1n) is 9.41. The molecule has 0 radical (unpaired) electrons. The molecular formula is C22H25F2NO4. The van der Waals surface area contributed by atoms with E-state index in [9.17, 15) is 13.6 Å². The van der Waals surface area contributed by atoms with Crippen LogP contribution in [0.4, 0.5) is 8.78 Å². The zero-order valence-electron chi connectivity index (χ0n) is 16.5. The number of hydrogen-bond acceptors (Lipinski definition) is 4. The predicted octanol–water partition coefficient (Wildman–Crippen LogP) is 4.46. The molecule has 0 spiro atoms. The first kappa shape index (κ1) is 22.2. The van der Waals surface area contributed by atoms with Gasteiger partial charge in [-0.2, -0.15) is 8.78 Å². The first-order valence-corrected chi connectivity index (χ1v) is 9.41. The number of halogens is 2. The molecule has 1 N–H and O–H groups in total. The summed E-state index contributed by atoms with van der Waals surface area (Å²) in [5.74, 6) is 1.06. The Kier molecular flexibility index (Phi) is 8.95. The fraction of sp³-hybridized carbons (Fsp3) is 0.318. The van der Waals surface area contributed by atoms with Crippen molar-refractivity contribution in [2.45, 2.75) is 26.9 Å². The van der Waals surface area contributed by atoms with Gasteiger partial charge in [-0.1, -0.05) is 24.3 Å². The third kappa shape index (κ3) is 7.44. The number of nitrogens with one attached hydrogen (secondary N) is 1. The van der Waals surface area contributed by atoms with Crippen LogP contribution in [0.1, 0.15) is 25.0 Å². The van der Waals surface area contributed by atoms with E-state index in [1.54, 1.807) is 18.2 Å². The molecule has 0 aliphatic heterocycles. The monoisotopic (exact) mass is 405 g/mol. The second-order valence-corrected chi connectivity index (χ2v) is 5.94. The highest BCUT2D eigenvalue weighted by molar-refractivity contribution is 5.92. The smallest absolute Gasteiger partial charge is 0.387 e. The fourth-order valence-corrected chi connectivity index (χ4v) is 2.63. The second-order valence-electron chi connectivity index (χ2n) is 5.94. The fourth-order valence-electron chi connectivity index (χ4n) is 2.63. The number of ether oxygens (including phenoxy) is 3. The third-order valence-electron chi connectivity index (χ3n) is 3.87. The summed E-state index contributed by atoms with van der Waals surface area (Å²) in [5, 5.41) is 2.77. The van der Waals surface area contributed by atoms with Crippen LogP contribution in [0.15, 0.2) is 48.5 Å². The topological polar surface area (TPSA) is 56.8 Å². The Morgan fingerprint density at radius 3 is 2.48 bits per heavy atom. The number of carbonyl (C=O) groups excluding carboxylic acids is 1. The van der Waals surface area contributed by atoms with Gasteiger partial charge in [0, 0.05) is 18.2 Å². The van der Waals surface area contributed by atoms with Crippen molar-refractivity contribution in [3.8, 4) is 17.2 Å². The maximum absolute atomic E-state index is 12.4. The lowest BCUT2D eigenvalue weighted by Crippen LogP contribution is -2.23. The molecule has 2 aromatic rings. The largest absolute Gasteiger partial charge is 0.490 e. The molecule has 0 fully saturated rings. The number of benzene rings is 2.